The molecule has 27 heavy (non-hydrogen) atoms. The molecule has 0 atom stereocenters. The fraction of sp³-hybridized carbons (Fsp3) is 0.429. The second-order valence-corrected chi connectivity index (χ2v) is 7.56. The quantitative estimate of drug-likeness (QED) is 0.894. The molecule has 1 aromatic heterocycles. The van der Waals surface area contributed by atoms with Crippen LogP contribution in [0.2, 0.25) is 0 Å². The topological polar surface area (TPSA) is 62.6 Å². The van der Waals surface area contributed by atoms with Crippen LogP contribution in [-0.2, 0) is 10.2 Å². The van der Waals surface area contributed by atoms with Gasteiger partial charge in [-0.2, -0.15) is 0 Å². The normalized spacial score (nSPS) is 15.6. The highest BCUT2D eigenvalue weighted by molar-refractivity contribution is 5.95. The van der Waals surface area contributed by atoms with Crippen LogP contribution in [0.1, 0.15) is 48.4 Å². The number of rotatable bonds is 4. The van der Waals surface area contributed by atoms with Crippen LogP contribution in [0.15, 0.2) is 41.0 Å². The molecule has 0 unspecified atom stereocenters. The summed E-state index contributed by atoms with van der Waals surface area (Å²) in [6.07, 6.45) is 2.91. The Balaban J connectivity index is 1.58. The lowest BCUT2D eigenvalue weighted by Gasteiger charge is -2.37. The maximum atomic E-state index is 13.2. The van der Waals surface area contributed by atoms with Gasteiger partial charge < -0.3 is 14.6 Å². The fourth-order valence-corrected chi connectivity index (χ4v) is 3.50. The molecule has 2 aromatic rings. The monoisotopic (exact) mass is 372 g/mol. The SMILES string of the molecule is Cc1occc1C(=O)NC1CCN(C(=O)C(C)(C)c2ccc(F)cc2)CC1. The zero-order valence-corrected chi connectivity index (χ0v) is 15.9. The van der Waals surface area contributed by atoms with E-state index < -0.39 is 5.41 Å². The predicted octanol–water partition coefficient (Wildman–Crippen LogP) is 3.43. The average Bonchev–Trinajstić information content (AvgIpc) is 3.08. The van der Waals surface area contributed by atoms with E-state index in [0.29, 0.717) is 37.3 Å². The van der Waals surface area contributed by atoms with Gasteiger partial charge in [0.1, 0.15) is 11.6 Å². The molecule has 5 nitrogen and oxygen atoms in total. The highest BCUT2D eigenvalue weighted by atomic mass is 19.1. The molecule has 1 N–H and O–H groups in total. The molecule has 0 bridgehead atoms. The van der Waals surface area contributed by atoms with Crippen LogP contribution < -0.4 is 5.32 Å². The van der Waals surface area contributed by atoms with E-state index in [1.807, 2.05) is 18.7 Å². The molecule has 1 fully saturated rings. The number of hydrogen-bond acceptors (Lipinski definition) is 3. The lowest BCUT2D eigenvalue weighted by Crippen LogP contribution is -2.51. The minimum absolute atomic E-state index is 0.0181. The van der Waals surface area contributed by atoms with Crippen LogP contribution in [0.25, 0.3) is 0 Å². The lowest BCUT2D eigenvalue weighted by atomic mass is 9.82. The van der Waals surface area contributed by atoms with Crippen molar-refractivity contribution in [3.05, 3.63) is 59.3 Å². The predicted molar refractivity (Wildman–Crippen MR) is 99.9 cm³/mol. The molecule has 144 valence electrons. The van der Waals surface area contributed by atoms with Gasteiger partial charge in [-0.05, 0) is 57.4 Å². The van der Waals surface area contributed by atoms with Gasteiger partial charge in [-0.25, -0.2) is 4.39 Å². The molecule has 2 heterocycles. The molecular formula is C21H25FN2O3. The van der Waals surface area contributed by atoms with Gasteiger partial charge in [0.2, 0.25) is 5.91 Å². The summed E-state index contributed by atoms with van der Waals surface area (Å²) in [5, 5.41) is 3.02. The molecule has 1 saturated heterocycles. The van der Waals surface area contributed by atoms with Gasteiger partial charge in [0.25, 0.3) is 5.91 Å². The smallest absolute Gasteiger partial charge is 0.255 e. The fourth-order valence-electron chi connectivity index (χ4n) is 3.50. The summed E-state index contributed by atoms with van der Waals surface area (Å²) < 4.78 is 18.3. The summed E-state index contributed by atoms with van der Waals surface area (Å²) in [6.45, 7) is 6.64. The molecular weight excluding hydrogens is 347 g/mol. The third-order valence-corrected chi connectivity index (χ3v) is 5.32. The molecule has 2 amide bonds. The van der Waals surface area contributed by atoms with Crippen molar-refractivity contribution in [1.82, 2.24) is 10.2 Å². The highest BCUT2D eigenvalue weighted by Gasteiger charge is 2.35. The Bertz CT molecular complexity index is 818. The molecule has 6 heteroatoms. The number of furan rings is 1. The Labute approximate surface area is 158 Å². The van der Waals surface area contributed by atoms with Crippen molar-refractivity contribution >= 4 is 11.8 Å². The molecule has 1 aliphatic heterocycles. The Hall–Kier alpha value is -2.63. The number of aryl methyl sites for hydroxylation is 1. The van der Waals surface area contributed by atoms with Crippen molar-refractivity contribution in [3.63, 3.8) is 0 Å². The average molecular weight is 372 g/mol. The van der Waals surface area contributed by atoms with E-state index in [0.717, 1.165) is 5.56 Å². The van der Waals surface area contributed by atoms with E-state index >= 15 is 0 Å². The number of carbonyl (C=O) groups excluding carboxylic acids is 2. The zero-order valence-electron chi connectivity index (χ0n) is 15.9. The second kappa shape index (κ2) is 7.55. The summed E-state index contributed by atoms with van der Waals surface area (Å²) in [7, 11) is 0. The van der Waals surface area contributed by atoms with Crippen molar-refractivity contribution in [2.75, 3.05) is 13.1 Å². The Morgan fingerprint density at radius 3 is 2.33 bits per heavy atom. The van der Waals surface area contributed by atoms with E-state index in [1.54, 1.807) is 25.1 Å². The first-order valence-electron chi connectivity index (χ1n) is 9.19. The number of carbonyl (C=O) groups is 2. The maximum absolute atomic E-state index is 13.2. The summed E-state index contributed by atoms with van der Waals surface area (Å²) in [5.74, 6) is 0.162. The van der Waals surface area contributed by atoms with E-state index in [4.69, 9.17) is 4.42 Å². The zero-order chi connectivity index (χ0) is 19.6. The van der Waals surface area contributed by atoms with Gasteiger partial charge in [0.15, 0.2) is 0 Å². The van der Waals surface area contributed by atoms with Crippen LogP contribution in [0.5, 0.6) is 0 Å². The van der Waals surface area contributed by atoms with Crippen molar-refractivity contribution in [2.24, 2.45) is 0 Å². The number of amides is 2. The van der Waals surface area contributed by atoms with Crippen LogP contribution in [-0.4, -0.2) is 35.8 Å². The number of piperidine rings is 1. The number of likely N-dealkylation sites (tertiary alicyclic amines) is 1. The molecule has 1 aromatic carbocycles. The summed E-state index contributed by atoms with van der Waals surface area (Å²) >= 11 is 0. The minimum atomic E-state index is -0.725. The van der Waals surface area contributed by atoms with Gasteiger partial charge >= 0.3 is 0 Å². The number of hydrogen-bond donors (Lipinski definition) is 1. The lowest BCUT2D eigenvalue weighted by molar-refractivity contribution is -0.137. The van der Waals surface area contributed by atoms with Crippen LogP contribution in [0.3, 0.4) is 0 Å². The van der Waals surface area contributed by atoms with E-state index in [1.165, 1.54) is 18.4 Å². The van der Waals surface area contributed by atoms with Crippen LogP contribution in [0, 0.1) is 12.7 Å². The second-order valence-electron chi connectivity index (χ2n) is 7.56. The summed E-state index contributed by atoms with van der Waals surface area (Å²) in [5.41, 5.74) is 0.614. The standard InChI is InChI=1S/C21H25FN2O3/c1-14-18(10-13-27-14)19(25)23-17-8-11-24(12-9-17)20(26)21(2,3)15-4-6-16(22)7-5-15/h4-7,10,13,17H,8-9,11-12H2,1-3H3,(H,23,25). The molecule has 3 rings (SSSR count). The third kappa shape index (κ3) is 4.04. The molecule has 0 aliphatic carbocycles. The van der Waals surface area contributed by atoms with Gasteiger partial charge in [-0.1, -0.05) is 12.1 Å². The first-order valence-corrected chi connectivity index (χ1v) is 9.19. The Morgan fingerprint density at radius 1 is 1.15 bits per heavy atom. The molecule has 0 spiro atoms. The number of nitrogens with zero attached hydrogens (tertiary/aromatic N) is 1. The summed E-state index contributed by atoms with van der Waals surface area (Å²) in [4.78, 5) is 27.1. The van der Waals surface area contributed by atoms with Gasteiger partial charge in [-0.15, -0.1) is 0 Å². The Morgan fingerprint density at radius 2 is 1.78 bits per heavy atom. The first kappa shape index (κ1) is 19.1. The van der Waals surface area contributed by atoms with Crippen LogP contribution in [0.4, 0.5) is 4.39 Å². The highest BCUT2D eigenvalue weighted by Crippen LogP contribution is 2.27. The first-order chi connectivity index (χ1) is 12.8. The molecule has 1 aliphatic rings. The van der Waals surface area contributed by atoms with Crippen molar-refractivity contribution in [3.8, 4) is 0 Å². The van der Waals surface area contributed by atoms with E-state index in [-0.39, 0.29) is 23.7 Å². The van der Waals surface area contributed by atoms with E-state index in [9.17, 15) is 14.0 Å². The van der Waals surface area contributed by atoms with E-state index in [2.05, 4.69) is 5.32 Å². The minimum Gasteiger partial charge on any atom is -0.469 e. The molecule has 0 radical (unpaired) electrons. The maximum Gasteiger partial charge on any atom is 0.255 e. The van der Waals surface area contributed by atoms with Gasteiger partial charge in [0.05, 0.1) is 17.2 Å². The van der Waals surface area contributed by atoms with Crippen molar-refractivity contribution in [2.45, 2.75) is 45.1 Å². The van der Waals surface area contributed by atoms with Crippen LogP contribution >= 0.6 is 0 Å². The number of halogens is 1. The Kier molecular flexibility index (Phi) is 5.35. The third-order valence-electron chi connectivity index (χ3n) is 5.32. The van der Waals surface area contributed by atoms with Gasteiger partial charge in [-0.3, -0.25) is 9.59 Å². The molecule has 0 saturated carbocycles. The largest absolute Gasteiger partial charge is 0.469 e. The van der Waals surface area contributed by atoms with Gasteiger partial charge in [0, 0.05) is 19.1 Å². The number of nitrogens with one attached hydrogen (secondary N) is 1. The number of benzene rings is 1. The van der Waals surface area contributed by atoms with Crippen molar-refractivity contribution < 1.29 is 18.4 Å². The summed E-state index contributed by atoms with van der Waals surface area (Å²) in [6, 6.07) is 7.77. The van der Waals surface area contributed by atoms with Crippen molar-refractivity contribution in [1.29, 1.82) is 0 Å².